The van der Waals surface area contributed by atoms with E-state index in [2.05, 4.69) is 25.6 Å². The van der Waals surface area contributed by atoms with E-state index < -0.39 is 88.5 Å². The van der Waals surface area contributed by atoms with Crippen molar-refractivity contribution in [1.82, 2.24) is 20.3 Å². The maximum Gasteiger partial charge on any atom is 0.417 e. The molecule has 3 aromatic rings. The molecule has 0 aliphatic carbocycles. The molecule has 0 radical (unpaired) electrons. The second kappa shape index (κ2) is 21.8. The summed E-state index contributed by atoms with van der Waals surface area (Å²) in [5, 5.41) is 23.4. The Hall–Kier alpha value is -5.33. The summed E-state index contributed by atoms with van der Waals surface area (Å²) in [4.78, 5) is 49.2. The van der Waals surface area contributed by atoms with E-state index in [1.807, 2.05) is 62.3 Å². The van der Waals surface area contributed by atoms with Crippen LogP contribution in [0.25, 0.3) is 0 Å². The molecule has 3 aliphatic rings. The molecule has 0 spiro atoms. The third-order valence-corrected chi connectivity index (χ3v) is 10.1. The molecule has 3 fully saturated rings. The van der Waals surface area contributed by atoms with E-state index in [1.54, 1.807) is 0 Å². The number of anilines is 3. The number of carboxylic acid groups (broad SMARTS) is 2. The average molecular weight is 996 g/mol. The molecule has 6 rings (SSSR count). The number of aromatic nitrogens is 3. The van der Waals surface area contributed by atoms with Crippen LogP contribution in [0.4, 0.5) is 57.0 Å². The lowest BCUT2D eigenvalue weighted by Gasteiger charge is -2.26. The Morgan fingerprint density at radius 1 is 0.565 bits per heavy atom. The molecule has 1 amide bonds. The van der Waals surface area contributed by atoms with E-state index in [0.717, 1.165) is 24.3 Å². The van der Waals surface area contributed by atoms with E-state index in [4.69, 9.17) is 19.3 Å². The Bertz CT molecular complexity index is 2180. The van der Waals surface area contributed by atoms with Gasteiger partial charge in [0.2, 0.25) is 5.91 Å². The number of halogens is 9. The molecule has 384 valence electrons. The van der Waals surface area contributed by atoms with Crippen LogP contribution < -0.4 is 20.4 Å². The summed E-state index contributed by atoms with van der Waals surface area (Å²) < 4.78 is 132. The van der Waals surface area contributed by atoms with Crippen LogP contribution in [0.15, 0.2) is 55.0 Å². The maximum atomic E-state index is 12.9. The molecular weight excluding hydrogens is 938 g/mol. The van der Waals surface area contributed by atoms with Crippen molar-refractivity contribution in [3.05, 3.63) is 71.7 Å². The summed E-state index contributed by atoms with van der Waals surface area (Å²) in [6.07, 6.45) is -11.3. The van der Waals surface area contributed by atoms with E-state index in [0.29, 0.717) is 31.6 Å². The zero-order valence-electron chi connectivity index (χ0n) is 39.4. The molecule has 6 atom stereocenters. The van der Waals surface area contributed by atoms with Gasteiger partial charge in [0.25, 0.3) is 0 Å². The number of carbonyl (C=O) groups excluding carboxylic acids is 1. The number of nitrogens with one attached hydrogen (secondary N) is 2. The van der Waals surface area contributed by atoms with Gasteiger partial charge in [-0.15, -0.1) is 0 Å². The second-order valence-electron chi connectivity index (χ2n) is 19.5. The number of rotatable bonds is 9. The summed E-state index contributed by atoms with van der Waals surface area (Å²) in [5.74, 6) is -2.18. The molecule has 0 unspecified atom stereocenters. The van der Waals surface area contributed by atoms with Crippen LogP contribution in [-0.4, -0.2) is 116 Å². The zero-order valence-corrected chi connectivity index (χ0v) is 39.4. The van der Waals surface area contributed by atoms with Gasteiger partial charge in [0.1, 0.15) is 35.6 Å². The van der Waals surface area contributed by atoms with Crippen molar-refractivity contribution in [3.8, 4) is 0 Å². The number of alkyl halides is 9. The first kappa shape index (κ1) is 56.3. The monoisotopic (exact) mass is 995 g/mol. The first-order valence-electron chi connectivity index (χ1n) is 21.7. The highest BCUT2D eigenvalue weighted by Crippen LogP contribution is 2.35. The van der Waals surface area contributed by atoms with Crippen molar-refractivity contribution in [1.29, 1.82) is 0 Å². The van der Waals surface area contributed by atoms with Gasteiger partial charge in [0.05, 0.1) is 51.8 Å². The molecule has 15 nitrogen and oxygen atoms in total. The van der Waals surface area contributed by atoms with Crippen molar-refractivity contribution >= 4 is 35.3 Å². The van der Waals surface area contributed by atoms with E-state index in [9.17, 15) is 59.0 Å². The highest BCUT2D eigenvalue weighted by Gasteiger charge is 2.42. The second-order valence-corrected chi connectivity index (χ2v) is 19.5. The smallest absolute Gasteiger partial charge is 0.417 e. The lowest BCUT2D eigenvalue weighted by molar-refractivity contribution is -0.140. The van der Waals surface area contributed by atoms with Crippen LogP contribution in [0.3, 0.4) is 0 Å². The molecule has 0 bridgehead atoms. The predicted molar refractivity (Wildman–Crippen MR) is 233 cm³/mol. The number of hydrogen-bond donors (Lipinski definition) is 4. The number of nitrogens with zero attached hydrogens (tertiary/aromatic N) is 5. The maximum absolute atomic E-state index is 12.9. The predicted octanol–water partition coefficient (Wildman–Crippen LogP) is 8.48. The lowest BCUT2D eigenvalue weighted by atomic mass is 10.1. The molecule has 3 aliphatic heterocycles. The minimum absolute atomic E-state index is 0.0288. The quantitative estimate of drug-likeness (QED) is 0.149. The Kier molecular flexibility index (Phi) is 17.7. The Morgan fingerprint density at radius 2 is 0.957 bits per heavy atom. The van der Waals surface area contributed by atoms with Gasteiger partial charge in [-0.2, -0.15) is 39.5 Å². The molecule has 0 saturated carbocycles. The Labute approximate surface area is 393 Å². The van der Waals surface area contributed by atoms with Crippen molar-refractivity contribution < 1.29 is 78.3 Å². The number of carboxylic acids is 2. The molecule has 6 heterocycles. The highest BCUT2D eigenvalue weighted by atomic mass is 19.4. The highest BCUT2D eigenvalue weighted by molar-refractivity contribution is 5.96. The van der Waals surface area contributed by atoms with E-state index >= 15 is 0 Å². The molecule has 3 aromatic heterocycles. The van der Waals surface area contributed by atoms with E-state index in [-0.39, 0.29) is 61.2 Å². The van der Waals surface area contributed by atoms with Gasteiger partial charge >= 0.3 is 30.5 Å². The van der Waals surface area contributed by atoms with Crippen LogP contribution in [0.2, 0.25) is 0 Å². The van der Waals surface area contributed by atoms with Gasteiger partial charge in [-0.3, -0.25) is 9.59 Å². The molecule has 24 heteroatoms. The molecule has 0 aromatic carbocycles. The van der Waals surface area contributed by atoms with Crippen LogP contribution >= 0.6 is 0 Å². The van der Waals surface area contributed by atoms with Crippen LogP contribution in [0.5, 0.6) is 0 Å². The normalized spacial score (nSPS) is 22.3. The first-order valence-corrected chi connectivity index (χ1v) is 21.7. The van der Waals surface area contributed by atoms with Gasteiger partial charge < -0.3 is 44.9 Å². The molecule has 4 N–H and O–H groups in total. The van der Waals surface area contributed by atoms with Gasteiger partial charge in [-0.1, -0.05) is 0 Å². The van der Waals surface area contributed by atoms with Gasteiger partial charge in [0, 0.05) is 57.5 Å². The Balaban J connectivity index is 0.000000249. The number of pyridine rings is 3. The Morgan fingerprint density at radius 3 is 1.29 bits per heavy atom. The number of ether oxygens (including phenoxy) is 3. The summed E-state index contributed by atoms with van der Waals surface area (Å²) in [6, 6.07) is 3.75. The van der Waals surface area contributed by atoms with Crippen LogP contribution in [-0.2, 0) is 47.1 Å². The topological polar surface area (TPSA) is 189 Å². The lowest BCUT2D eigenvalue weighted by Crippen LogP contribution is -2.40. The largest absolute Gasteiger partial charge is 0.480 e. The van der Waals surface area contributed by atoms with Gasteiger partial charge in [0.15, 0.2) is 0 Å². The van der Waals surface area contributed by atoms with Crippen molar-refractivity contribution in [2.75, 3.05) is 34.8 Å². The fraction of sp³-hybridized carbons (Fsp3) is 0.600. The molecule has 69 heavy (non-hydrogen) atoms. The first-order chi connectivity index (χ1) is 31.5. The summed E-state index contributed by atoms with van der Waals surface area (Å²) >= 11 is 0. The average Bonchev–Trinajstić information content (AvgIpc) is 3.95. The summed E-state index contributed by atoms with van der Waals surface area (Å²) in [7, 11) is 0. The number of aliphatic carboxylic acids is 2. The zero-order chi connectivity index (χ0) is 52.1. The minimum atomic E-state index is -4.57. The number of amides is 1. The molecular formula is C45H58F9N7O8. The third kappa shape index (κ3) is 17.5. The summed E-state index contributed by atoms with van der Waals surface area (Å²) in [5.41, 5.74) is -3.92. The van der Waals surface area contributed by atoms with Crippen molar-refractivity contribution in [3.63, 3.8) is 0 Å². The fourth-order valence-corrected chi connectivity index (χ4v) is 7.53. The third-order valence-electron chi connectivity index (χ3n) is 10.1. The van der Waals surface area contributed by atoms with Crippen LogP contribution in [0.1, 0.15) is 98.3 Å². The summed E-state index contributed by atoms with van der Waals surface area (Å²) in [6.45, 7) is 18.1. The van der Waals surface area contributed by atoms with Gasteiger partial charge in [-0.05, 0) is 98.7 Å². The van der Waals surface area contributed by atoms with Crippen molar-refractivity contribution in [2.24, 2.45) is 0 Å². The SMILES string of the molecule is CC(C)(C)O[C@@H]1C[C@@H](C(=O)Nc2ccc(C(F)(F)F)cn2)N(c2ccc(C(F)(F)F)cn2)C1.CC(C)(C)O[C@@H]1C[C@@H](C(=O)O)N(c2ccc(C(F)(F)F)cn2)C1.CC(C)(C)O[C@H]1CN[C@H](C(=O)O)C1. The fourth-order valence-electron chi connectivity index (χ4n) is 7.53. The van der Waals surface area contributed by atoms with Crippen LogP contribution in [0, 0.1) is 0 Å². The van der Waals surface area contributed by atoms with Gasteiger partial charge in [-0.25, -0.2) is 19.7 Å². The minimum Gasteiger partial charge on any atom is -0.480 e. The molecule has 3 saturated heterocycles. The van der Waals surface area contributed by atoms with E-state index in [1.165, 1.54) is 21.9 Å². The van der Waals surface area contributed by atoms with Crippen molar-refractivity contribution in [2.45, 2.75) is 153 Å². The number of carbonyl (C=O) groups is 3. The number of hydrogen-bond acceptors (Lipinski definition) is 12. The standard InChI is InChI=1S/C21H22F6N4O2.C15H19F3N2O3.C9H17NO3/c1-19(2,3)33-14-8-15(18(32)30-16-6-4-12(9-28-16)20(22,23)24)31(11-14)17-7-5-13(10-29-17)21(25,26)27;1-14(2,3)23-10-6-11(13(21)22)20(8-10)12-5-4-9(7-19-12)15(16,17)18;1-9(2,3)13-6-4-7(8(11)12)10-5-6/h4-7,9-10,14-15H,8,11H2,1-3H3,(H,28,30,32);4-5,7,10-11H,6,8H2,1-3H3,(H,21,22);6-7,10H,4-5H2,1-3H3,(H,11,12)/t14-,15+;10-,11+;6-,7+/m111/s1.